The van der Waals surface area contributed by atoms with Gasteiger partial charge < -0.3 is 5.73 Å². The number of nitrogens with zero attached hydrogens (tertiary/aromatic N) is 4. The van der Waals surface area contributed by atoms with Crippen molar-refractivity contribution in [1.82, 2.24) is 19.7 Å². The maximum atomic E-state index is 6.29. The topological polar surface area (TPSA) is 69.6 Å². The number of aromatic nitrogens is 4. The van der Waals surface area contributed by atoms with Gasteiger partial charge in [-0.25, -0.2) is 4.98 Å². The van der Waals surface area contributed by atoms with Crippen LogP contribution in [-0.4, -0.2) is 19.7 Å². The maximum absolute atomic E-state index is 6.29. The van der Waals surface area contributed by atoms with E-state index < -0.39 is 0 Å². The molecule has 5 nitrogen and oxygen atoms in total. The van der Waals surface area contributed by atoms with Gasteiger partial charge in [0.2, 0.25) is 0 Å². The van der Waals surface area contributed by atoms with E-state index in [1.807, 2.05) is 48.5 Å². The molecule has 2 aromatic heterocycles. The minimum atomic E-state index is 0.409. The molecule has 0 atom stereocenters. The summed E-state index contributed by atoms with van der Waals surface area (Å²) in [6, 6.07) is 17.4. The molecule has 0 aliphatic carbocycles. The number of para-hydroxylation sites is 1. The zero-order valence-corrected chi connectivity index (χ0v) is 13.5. The van der Waals surface area contributed by atoms with Crippen LogP contribution in [0.5, 0.6) is 0 Å². The second kappa shape index (κ2) is 5.94. The van der Waals surface area contributed by atoms with E-state index >= 15 is 0 Å². The van der Waals surface area contributed by atoms with Crippen molar-refractivity contribution in [3.63, 3.8) is 0 Å². The summed E-state index contributed by atoms with van der Waals surface area (Å²) in [5.41, 5.74) is 8.67. The van der Waals surface area contributed by atoms with Gasteiger partial charge in [-0.05, 0) is 23.8 Å². The molecule has 2 N–H and O–H groups in total. The number of nitrogens with two attached hydrogens (primary N) is 1. The van der Waals surface area contributed by atoms with Gasteiger partial charge in [0.15, 0.2) is 0 Å². The van der Waals surface area contributed by atoms with Crippen molar-refractivity contribution in [2.75, 3.05) is 5.73 Å². The third kappa shape index (κ3) is 2.59. The summed E-state index contributed by atoms with van der Waals surface area (Å²) in [5, 5.41) is 6.49. The molecule has 0 saturated carbocycles. The highest BCUT2D eigenvalue weighted by molar-refractivity contribution is 6.31. The molecule has 4 rings (SSSR count). The van der Waals surface area contributed by atoms with Gasteiger partial charge in [-0.2, -0.15) is 14.8 Å². The predicted octanol–water partition coefficient (Wildman–Crippen LogP) is 3.64. The van der Waals surface area contributed by atoms with Crippen molar-refractivity contribution in [2.24, 2.45) is 0 Å². The van der Waals surface area contributed by atoms with Gasteiger partial charge in [0.1, 0.15) is 5.82 Å². The average molecular weight is 336 g/mol. The fourth-order valence-electron chi connectivity index (χ4n) is 2.70. The number of hydrogen-bond donors (Lipinski definition) is 1. The van der Waals surface area contributed by atoms with E-state index in [4.69, 9.17) is 22.4 Å². The van der Waals surface area contributed by atoms with Crippen LogP contribution in [0.1, 0.15) is 11.3 Å². The van der Waals surface area contributed by atoms with E-state index in [9.17, 15) is 0 Å². The van der Waals surface area contributed by atoms with Crippen molar-refractivity contribution in [1.29, 1.82) is 0 Å². The Bertz CT molecular complexity index is 1020. The van der Waals surface area contributed by atoms with Crippen LogP contribution in [-0.2, 0) is 6.42 Å². The first-order valence-electron chi connectivity index (χ1n) is 7.51. The number of fused-ring (bicyclic) bond motifs is 1. The van der Waals surface area contributed by atoms with Crippen LogP contribution >= 0.6 is 11.6 Å². The Morgan fingerprint density at radius 2 is 1.79 bits per heavy atom. The molecule has 0 fully saturated rings. The summed E-state index contributed by atoms with van der Waals surface area (Å²) in [6.07, 6.45) is 2.26. The van der Waals surface area contributed by atoms with Gasteiger partial charge >= 0.3 is 0 Å². The molecule has 0 aliphatic heterocycles. The van der Waals surface area contributed by atoms with Gasteiger partial charge in [0, 0.05) is 23.0 Å². The normalized spacial score (nSPS) is 11.0. The van der Waals surface area contributed by atoms with Crippen LogP contribution in [0.25, 0.3) is 16.9 Å². The molecular weight excluding hydrogens is 322 g/mol. The quantitative estimate of drug-likeness (QED) is 0.620. The highest BCUT2D eigenvalue weighted by atomic mass is 35.5. The standard InChI is InChI=1S/C18H14ClN5/c19-14-7-3-1-5-12(14)11-15-13-6-2-4-8-16(13)24(23-15)18-21-10-9-17(20)22-18/h1-10H,11H2,(H2,20,21,22). The van der Waals surface area contributed by atoms with Gasteiger partial charge in [-0.15, -0.1) is 0 Å². The smallest absolute Gasteiger partial charge is 0.253 e. The van der Waals surface area contributed by atoms with Crippen molar-refractivity contribution < 1.29 is 0 Å². The van der Waals surface area contributed by atoms with Gasteiger partial charge in [0.05, 0.1) is 11.2 Å². The van der Waals surface area contributed by atoms with Crippen LogP contribution in [0.4, 0.5) is 5.82 Å². The first-order valence-corrected chi connectivity index (χ1v) is 7.89. The highest BCUT2D eigenvalue weighted by Crippen LogP contribution is 2.25. The molecule has 0 radical (unpaired) electrons. The van der Waals surface area contributed by atoms with Gasteiger partial charge in [-0.1, -0.05) is 48.0 Å². The van der Waals surface area contributed by atoms with E-state index in [0.29, 0.717) is 18.2 Å². The number of rotatable bonds is 3. The van der Waals surface area contributed by atoms with Gasteiger partial charge in [0.25, 0.3) is 5.95 Å². The predicted molar refractivity (Wildman–Crippen MR) is 95.3 cm³/mol. The summed E-state index contributed by atoms with van der Waals surface area (Å²) in [5.74, 6) is 0.865. The molecule has 6 heteroatoms. The Kier molecular flexibility index (Phi) is 3.63. The molecule has 4 aromatic rings. The fourth-order valence-corrected chi connectivity index (χ4v) is 2.90. The summed E-state index contributed by atoms with van der Waals surface area (Å²) in [6.45, 7) is 0. The van der Waals surface area contributed by atoms with E-state index in [1.165, 1.54) is 0 Å². The Morgan fingerprint density at radius 1 is 1.00 bits per heavy atom. The highest BCUT2D eigenvalue weighted by Gasteiger charge is 2.14. The molecule has 0 bridgehead atoms. The van der Waals surface area contributed by atoms with Crippen LogP contribution in [0.3, 0.4) is 0 Å². The minimum absolute atomic E-state index is 0.409. The molecule has 0 spiro atoms. The Labute approximate surface area is 143 Å². The second-order valence-electron chi connectivity index (χ2n) is 5.43. The van der Waals surface area contributed by atoms with E-state index in [2.05, 4.69) is 9.97 Å². The minimum Gasteiger partial charge on any atom is -0.384 e. The van der Waals surface area contributed by atoms with E-state index in [-0.39, 0.29) is 0 Å². The zero-order chi connectivity index (χ0) is 16.5. The zero-order valence-electron chi connectivity index (χ0n) is 12.7. The SMILES string of the molecule is Nc1ccnc(-n2nc(Cc3ccccc3Cl)c3ccccc32)n1. The summed E-state index contributed by atoms with van der Waals surface area (Å²) in [4.78, 5) is 8.55. The number of anilines is 1. The lowest BCUT2D eigenvalue weighted by Gasteiger charge is -2.02. The summed E-state index contributed by atoms with van der Waals surface area (Å²) < 4.78 is 1.72. The van der Waals surface area contributed by atoms with Crippen molar-refractivity contribution >= 4 is 28.3 Å². The number of halogens is 1. The summed E-state index contributed by atoms with van der Waals surface area (Å²) >= 11 is 6.29. The Morgan fingerprint density at radius 3 is 2.62 bits per heavy atom. The number of benzene rings is 2. The monoisotopic (exact) mass is 335 g/mol. The van der Waals surface area contributed by atoms with Crippen molar-refractivity contribution in [2.45, 2.75) is 6.42 Å². The first-order chi connectivity index (χ1) is 11.7. The molecule has 0 unspecified atom stereocenters. The molecular formula is C18H14ClN5. The molecule has 24 heavy (non-hydrogen) atoms. The molecule has 0 amide bonds. The molecule has 2 aromatic carbocycles. The van der Waals surface area contributed by atoms with Gasteiger partial charge in [-0.3, -0.25) is 0 Å². The Balaban J connectivity index is 1.87. The van der Waals surface area contributed by atoms with Crippen LogP contribution < -0.4 is 5.73 Å². The largest absolute Gasteiger partial charge is 0.384 e. The molecule has 118 valence electrons. The Hall–Kier alpha value is -2.92. The number of nitrogen functional groups attached to an aromatic ring is 1. The van der Waals surface area contributed by atoms with E-state index in [0.717, 1.165) is 27.2 Å². The molecule has 2 heterocycles. The first kappa shape index (κ1) is 14.7. The van der Waals surface area contributed by atoms with Crippen molar-refractivity contribution in [3.8, 4) is 5.95 Å². The van der Waals surface area contributed by atoms with Crippen LogP contribution in [0, 0.1) is 0 Å². The summed E-state index contributed by atoms with van der Waals surface area (Å²) in [7, 11) is 0. The third-order valence-electron chi connectivity index (χ3n) is 3.83. The fraction of sp³-hybridized carbons (Fsp3) is 0.0556. The molecule has 0 saturated heterocycles. The van der Waals surface area contributed by atoms with Crippen LogP contribution in [0.15, 0.2) is 60.8 Å². The lowest BCUT2D eigenvalue weighted by atomic mass is 10.1. The lowest BCUT2D eigenvalue weighted by Crippen LogP contribution is -2.05. The number of hydrogen-bond acceptors (Lipinski definition) is 4. The molecule has 0 aliphatic rings. The van der Waals surface area contributed by atoms with E-state index in [1.54, 1.807) is 16.9 Å². The maximum Gasteiger partial charge on any atom is 0.253 e. The average Bonchev–Trinajstić information content (AvgIpc) is 2.96. The lowest BCUT2D eigenvalue weighted by molar-refractivity contribution is 0.812. The third-order valence-corrected chi connectivity index (χ3v) is 4.20. The second-order valence-corrected chi connectivity index (χ2v) is 5.83. The van der Waals surface area contributed by atoms with Crippen molar-refractivity contribution in [3.05, 3.63) is 77.1 Å². The van der Waals surface area contributed by atoms with Crippen LogP contribution in [0.2, 0.25) is 5.02 Å².